The molecule has 1 N–H and O–H groups in total. The number of rotatable bonds is 6. The molecule has 0 aliphatic carbocycles. The van der Waals surface area contributed by atoms with Crippen molar-refractivity contribution in [3.63, 3.8) is 0 Å². The van der Waals surface area contributed by atoms with E-state index >= 15 is 0 Å². The van der Waals surface area contributed by atoms with Crippen LogP contribution < -0.4 is 10.1 Å². The van der Waals surface area contributed by atoms with Crippen LogP contribution in [0.4, 0.5) is 0 Å². The maximum Gasteiger partial charge on any atom is 0.126 e. The average Bonchev–Trinajstić information content (AvgIpc) is 2.29. The summed E-state index contributed by atoms with van der Waals surface area (Å²) >= 11 is 0. The van der Waals surface area contributed by atoms with Crippen LogP contribution >= 0.6 is 0 Å². The predicted molar refractivity (Wildman–Crippen MR) is 69.9 cm³/mol. The van der Waals surface area contributed by atoms with Gasteiger partial charge < -0.3 is 10.1 Å². The second kappa shape index (κ2) is 7.07. The van der Waals surface area contributed by atoms with E-state index in [1.165, 1.54) is 12.0 Å². The Labute approximate surface area is 98.3 Å². The number of allylic oxidation sites excluding steroid dienone is 1. The van der Waals surface area contributed by atoms with Crippen LogP contribution in [0.15, 0.2) is 24.3 Å². The first kappa shape index (κ1) is 12.8. The van der Waals surface area contributed by atoms with Crippen LogP contribution in [0, 0.1) is 6.92 Å². The Morgan fingerprint density at radius 3 is 2.88 bits per heavy atom. The van der Waals surface area contributed by atoms with Gasteiger partial charge in [-0.2, -0.15) is 0 Å². The van der Waals surface area contributed by atoms with E-state index in [1.54, 1.807) is 7.11 Å². The standard InChI is InChI=1S/C14H21NO/c1-12-8-9-14(16-3)13(11-12)7-5-4-6-10-15-2/h5,7-9,11,15H,4,6,10H2,1-3H3/b7-5+. The minimum atomic E-state index is 0.940. The lowest BCUT2D eigenvalue weighted by molar-refractivity contribution is 0.413. The average molecular weight is 219 g/mol. The summed E-state index contributed by atoms with van der Waals surface area (Å²) in [6, 6.07) is 6.23. The van der Waals surface area contributed by atoms with Gasteiger partial charge in [-0.1, -0.05) is 23.8 Å². The molecular formula is C14H21NO. The maximum atomic E-state index is 5.31. The molecule has 0 aliphatic rings. The highest BCUT2D eigenvalue weighted by Crippen LogP contribution is 2.21. The van der Waals surface area contributed by atoms with E-state index in [0.717, 1.165) is 24.3 Å². The minimum Gasteiger partial charge on any atom is -0.496 e. The van der Waals surface area contributed by atoms with Crippen molar-refractivity contribution in [2.24, 2.45) is 0 Å². The van der Waals surface area contributed by atoms with E-state index in [1.807, 2.05) is 13.1 Å². The molecule has 0 atom stereocenters. The Bertz CT molecular complexity index is 345. The highest BCUT2D eigenvalue weighted by Gasteiger charge is 1.98. The van der Waals surface area contributed by atoms with Gasteiger partial charge in [0.2, 0.25) is 0 Å². The number of methoxy groups -OCH3 is 1. The van der Waals surface area contributed by atoms with Gasteiger partial charge in [-0.25, -0.2) is 0 Å². The van der Waals surface area contributed by atoms with E-state index in [2.05, 4.69) is 36.5 Å². The highest BCUT2D eigenvalue weighted by molar-refractivity contribution is 5.58. The normalized spacial score (nSPS) is 10.9. The third kappa shape index (κ3) is 4.07. The molecule has 2 nitrogen and oxygen atoms in total. The molecule has 0 spiro atoms. The Morgan fingerprint density at radius 2 is 2.19 bits per heavy atom. The van der Waals surface area contributed by atoms with E-state index in [4.69, 9.17) is 4.74 Å². The largest absolute Gasteiger partial charge is 0.496 e. The molecule has 0 heterocycles. The van der Waals surface area contributed by atoms with Gasteiger partial charge in [0.15, 0.2) is 0 Å². The molecule has 0 saturated heterocycles. The molecule has 0 amide bonds. The Hall–Kier alpha value is -1.28. The zero-order valence-electron chi connectivity index (χ0n) is 10.4. The molecule has 16 heavy (non-hydrogen) atoms. The maximum absolute atomic E-state index is 5.31. The molecule has 0 aromatic heterocycles. The van der Waals surface area contributed by atoms with E-state index < -0.39 is 0 Å². The SMILES string of the molecule is CNCCC/C=C/c1cc(C)ccc1OC. The van der Waals surface area contributed by atoms with Crippen LogP contribution in [0.1, 0.15) is 24.0 Å². The fourth-order valence-electron chi connectivity index (χ4n) is 1.59. The van der Waals surface area contributed by atoms with Crippen molar-refractivity contribution in [2.45, 2.75) is 19.8 Å². The molecule has 1 rings (SSSR count). The summed E-state index contributed by atoms with van der Waals surface area (Å²) in [5, 5.41) is 3.14. The number of unbranched alkanes of at least 4 members (excludes halogenated alkanes) is 1. The quantitative estimate of drug-likeness (QED) is 0.743. The Morgan fingerprint density at radius 1 is 1.38 bits per heavy atom. The number of ether oxygens (including phenoxy) is 1. The molecule has 1 aromatic rings. The van der Waals surface area contributed by atoms with Gasteiger partial charge in [0, 0.05) is 5.56 Å². The molecule has 0 radical (unpaired) electrons. The summed E-state index contributed by atoms with van der Waals surface area (Å²) in [5.41, 5.74) is 2.42. The molecule has 0 bridgehead atoms. The third-order valence-corrected chi connectivity index (χ3v) is 2.48. The second-order valence-corrected chi connectivity index (χ2v) is 3.89. The fourth-order valence-corrected chi connectivity index (χ4v) is 1.59. The van der Waals surface area contributed by atoms with Crippen LogP contribution in [0.3, 0.4) is 0 Å². The van der Waals surface area contributed by atoms with Crippen molar-refractivity contribution in [1.82, 2.24) is 5.32 Å². The van der Waals surface area contributed by atoms with Gasteiger partial charge in [0.1, 0.15) is 5.75 Å². The zero-order chi connectivity index (χ0) is 11.8. The molecule has 2 heteroatoms. The zero-order valence-corrected chi connectivity index (χ0v) is 10.4. The second-order valence-electron chi connectivity index (χ2n) is 3.89. The third-order valence-electron chi connectivity index (χ3n) is 2.48. The topological polar surface area (TPSA) is 21.3 Å². The predicted octanol–water partition coefficient (Wildman–Crippen LogP) is 3.02. The van der Waals surface area contributed by atoms with Gasteiger partial charge in [-0.15, -0.1) is 0 Å². The first-order valence-electron chi connectivity index (χ1n) is 5.73. The van der Waals surface area contributed by atoms with Crippen molar-refractivity contribution in [3.05, 3.63) is 35.4 Å². The first-order chi connectivity index (χ1) is 7.77. The van der Waals surface area contributed by atoms with Gasteiger partial charge >= 0.3 is 0 Å². The number of hydrogen-bond acceptors (Lipinski definition) is 2. The van der Waals surface area contributed by atoms with Crippen molar-refractivity contribution in [3.8, 4) is 5.75 Å². The molecule has 0 unspecified atom stereocenters. The Kier molecular flexibility index (Phi) is 5.65. The van der Waals surface area contributed by atoms with Gasteiger partial charge in [0.05, 0.1) is 7.11 Å². The monoisotopic (exact) mass is 219 g/mol. The minimum absolute atomic E-state index is 0.940. The molecule has 0 aliphatic heterocycles. The summed E-state index contributed by atoms with van der Waals surface area (Å²) in [5.74, 6) is 0.940. The smallest absolute Gasteiger partial charge is 0.126 e. The number of aryl methyl sites for hydroxylation is 1. The van der Waals surface area contributed by atoms with Crippen molar-refractivity contribution in [2.75, 3.05) is 20.7 Å². The van der Waals surface area contributed by atoms with Crippen molar-refractivity contribution < 1.29 is 4.74 Å². The summed E-state index contributed by atoms with van der Waals surface area (Å²) in [7, 11) is 3.69. The number of hydrogen-bond donors (Lipinski definition) is 1. The van der Waals surface area contributed by atoms with E-state index in [-0.39, 0.29) is 0 Å². The number of nitrogens with one attached hydrogen (secondary N) is 1. The molecule has 0 fully saturated rings. The van der Waals surface area contributed by atoms with Gasteiger partial charge in [0.25, 0.3) is 0 Å². The lowest BCUT2D eigenvalue weighted by Crippen LogP contribution is -2.06. The summed E-state index contributed by atoms with van der Waals surface area (Å²) in [4.78, 5) is 0. The summed E-state index contributed by atoms with van der Waals surface area (Å²) in [6.07, 6.45) is 6.61. The van der Waals surface area contributed by atoms with Crippen LogP contribution in [0.5, 0.6) is 5.75 Å². The van der Waals surface area contributed by atoms with Gasteiger partial charge in [-0.05, 0) is 45.5 Å². The molecule has 1 aromatic carbocycles. The van der Waals surface area contributed by atoms with E-state index in [0.29, 0.717) is 0 Å². The Balaban J connectivity index is 2.60. The molecular weight excluding hydrogens is 198 g/mol. The lowest BCUT2D eigenvalue weighted by Gasteiger charge is -2.05. The van der Waals surface area contributed by atoms with Crippen LogP contribution in [0.2, 0.25) is 0 Å². The van der Waals surface area contributed by atoms with Crippen molar-refractivity contribution in [1.29, 1.82) is 0 Å². The van der Waals surface area contributed by atoms with Crippen LogP contribution in [-0.4, -0.2) is 20.7 Å². The molecule has 88 valence electrons. The molecule has 0 saturated carbocycles. The summed E-state index contributed by atoms with van der Waals surface area (Å²) in [6.45, 7) is 3.16. The van der Waals surface area contributed by atoms with E-state index in [9.17, 15) is 0 Å². The van der Waals surface area contributed by atoms with Crippen LogP contribution in [-0.2, 0) is 0 Å². The number of benzene rings is 1. The summed E-state index contributed by atoms with van der Waals surface area (Å²) < 4.78 is 5.31. The fraction of sp³-hybridized carbons (Fsp3) is 0.429. The highest BCUT2D eigenvalue weighted by atomic mass is 16.5. The van der Waals surface area contributed by atoms with Crippen molar-refractivity contribution >= 4 is 6.08 Å². The van der Waals surface area contributed by atoms with Gasteiger partial charge in [-0.3, -0.25) is 0 Å². The van der Waals surface area contributed by atoms with Crippen LogP contribution in [0.25, 0.3) is 6.08 Å². The first-order valence-corrected chi connectivity index (χ1v) is 5.73. The lowest BCUT2D eigenvalue weighted by atomic mass is 10.1.